The number of carboxylic acids is 1. The molecule has 0 amide bonds. The van der Waals surface area contributed by atoms with Gasteiger partial charge in [0.15, 0.2) is 0 Å². The highest BCUT2D eigenvalue weighted by Gasteiger charge is 2.18. The number of nitrogens with zero attached hydrogens (tertiary/aromatic N) is 1. The molecular weight excluding hydrogens is 262 g/mol. The zero-order chi connectivity index (χ0) is 14.2. The molecule has 1 unspecified atom stereocenters. The van der Waals surface area contributed by atoms with Gasteiger partial charge in [-0.1, -0.05) is 18.5 Å². The van der Waals surface area contributed by atoms with Crippen LogP contribution in [-0.2, 0) is 4.79 Å². The van der Waals surface area contributed by atoms with Crippen molar-refractivity contribution in [3.05, 3.63) is 35.0 Å². The first-order chi connectivity index (χ1) is 8.90. The molecule has 0 bridgehead atoms. The van der Waals surface area contributed by atoms with Crippen LogP contribution in [0.15, 0.2) is 24.3 Å². The molecule has 0 aliphatic carbocycles. The number of carbonyl (C=O) groups is 1. The van der Waals surface area contributed by atoms with Gasteiger partial charge in [-0.25, -0.2) is 0 Å². The van der Waals surface area contributed by atoms with Crippen LogP contribution in [0, 0.1) is 0 Å². The van der Waals surface area contributed by atoms with Crippen molar-refractivity contribution in [2.45, 2.75) is 39.2 Å². The van der Waals surface area contributed by atoms with Gasteiger partial charge in [-0.2, -0.15) is 0 Å². The Balaban J connectivity index is 2.59. The van der Waals surface area contributed by atoms with E-state index < -0.39 is 5.97 Å². The molecule has 2 rings (SSSR count). The van der Waals surface area contributed by atoms with Crippen molar-refractivity contribution >= 4 is 28.5 Å². The van der Waals surface area contributed by atoms with Crippen LogP contribution >= 0.6 is 11.6 Å². The Hall–Kier alpha value is -1.48. The molecule has 1 aromatic heterocycles. The predicted octanol–water partition coefficient (Wildman–Crippen LogP) is 4.45. The van der Waals surface area contributed by atoms with Gasteiger partial charge in [0.05, 0.1) is 6.42 Å². The van der Waals surface area contributed by atoms with Crippen LogP contribution in [0.1, 0.15) is 44.8 Å². The minimum absolute atomic E-state index is 0.0222. The number of hydrogen-bond acceptors (Lipinski definition) is 1. The second-order valence-electron chi connectivity index (χ2n) is 5.24. The maximum Gasteiger partial charge on any atom is 0.304 e. The highest BCUT2D eigenvalue weighted by Crippen LogP contribution is 2.31. The zero-order valence-corrected chi connectivity index (χ0v) is 12.1. The lowest BCUT2D eigenvalue weighted by molar-refractivity contribution is -0.137. The number of hydrogen-bond donors (Lipinski definition) is 1. The van der Waals surface area contributed by atoms with Gasteiger partial charge < -0.3 is 9.67 Å². The third-order valence-electron chi connectivity index (χ3n) is 3.33. The molecule has 0 saturated heterocycles. The van der Waals surface area contributed by atoms with E-state index in [0.29, 0.717) is 5.02 Å². The summed E-state index contributed by atoms with van der Waals surface area (Å²) < 4.78 is 2.19. The molecule has 1 atom stereocenters. The minimum atomic E-state index is -0.772. The summed E-state index contributed by atoms with van der Waals surface area (Å²) in [5.41, 5.74) is 2.15. The molecule has 1 aromatic carbocycles. The molecule has 1 N–H and O–H groups in total. The standard InChI is InChI=1S/C15H18ClNO2/c1-9(2)17-13-5-4-12(16)7-11(13)8-14(17)10(3)6-15(18)19/h4-5,7-10H,6H2,1-3H3,(H,18,19). The largest absolute Gasteiger partial charge is 0.481 e. The number of halogens is 1. The first-order valence-electron chi connectivity index (χ1n) is 6.42. The van der Waals surface area contributed by atoms with Crippen molar-refractivity contribution in [3.63, 3.8) is 0 Å². The van der Waals surface area contributed by atoms with Crippen molar-refractivity contribution in [1.82, 2.24) is 4.57 Å². The summed E-state index contributed by atoms with van der Waals surface area (Å²) in [5, 5.41) is 10.7. The summed E-state index contributed by atoms with van der Waals surface area (Å²) in [4.78, 5) is 10.9. The molecule has 3 nitrogen and oxygen atoms in total. The van der Waals surface area contributed by atoms with E-state index in [0.717, 1.165) is 16.6 Å². The smallest absolute Gasteiger partial charge is 0.304 e. The lowest BCUT2D eigenvalue weighted by atomic mass is 10.0. The summed E-state index contributed by atoms with van der Waals surface area (Å²) in [6.45, 7) is 6.15. The van der Waals surface area contributed by atoms with Crippen LogP contribution in [0.2, 0.25) is 5.02 Å². The van der Waals surface area contributed by atoms with Gasteiger partial charge in [-0.3, -0.25) is 4.79 Å². The fourth-order valence-corrected chi connectivity index (χ4v) is 2.73. The average molecular weight is 280 g/mol. The molecular formula is C15H18ClNO2. The van der Waals surface area contributed by atoms with E-state index in [1.807, 2.05) is 25.1 Å². The quantitative estimate of drug-likeness (QED) is 0.898. The lowest BCUT2D eigenvalue weighted by Gasteiger charge is -2.18. The summed E-state index contributed by atoms with van der Waals surface area (Å²) in [6.07, 6.45) is 0.136. The Bertz CT molecular complexity index is 616. The highest BCUT2D eigenvalue weighted by atomic mass is 35.5. The van der Waals surface area contributed by atoms with Gasteiger partial charge >= 0.3 is 5.97 Å². The van der Waals surface area contributed by atoms with Crippen LogP contribution in [0.5, 0.6) is 0 Å². The molecule has 0 saturated carbocycles. The van der Waals surface area contributed by atoms with E-state index in [9.17, 15) is 4.79 Å². The highest BCUT2D eigenvalue weighted by molar-refractivity contribution is 6.31. The summed E-state index contributed by atoms with van der Waals surface area (Å²) in [5.74, 6) is -0.794. The Morgan fingerprint density at radius 1 is 1.32 bits per heavy atom. The van der Waals surface area contributed by atoms with Gasteiger partial charge in [-0.15, -0.1) is 0 Å². The minimum Gasteiger partial charge on any atom is -0.481 e. The van der Waals surface area contributed by atoms with Gasteiger partial charge in [0.2, 0.25) is 0 Å². The first-order valence-corrected chi connectivity index (χ1v) is 6.80. The second-order valence-corrected chi connectivity index (χ2v) is 5.67. The van der Waals surface area contributed by atoms with Crippen LogP contribution in [0.3, 0.4) is 0 Å². The molecule has 102 valence electrons. The third-order valence-corrected chi connectivity index (χ3v) is 3.57. The summed E-state index contributed by atoms with van der Waals surface area (Å²) in [6, 6.07) is 8.12. The number of carboxylic acid groups (broad SMARTS) is 1. The van der Waals surface area contributed by atoms with Crippen molar-refractivity contribution < 1.29 is 9.90 Å². The summed E-state index contributed by atoms with van der Waals surface area (Å²) >= 11 is 6.02. The molecule has 4 heteroatoms. The van der Waals surface area contributed by atoms with E-state index in [1.165, 1.54) is 0 Å². The summed E-state index contributed by atoms with van der Waals surface area (Å²) in [7, 11) is 0. The molecule has 0 fully saturated rings. The Labute approximate surface area is 117 Å². The van der Waals surface area contributed by atoms with Crippen LogP contribution < -0.4 is 0 Å². The van der Waals surface area contributed by atoms with Gasteiger partial charge in [-0.05, 0) is 38.1 Å². The second kappa shape index (κ2) is 5.25. The van der Waals surface area contributed by atoms with Crippen LogP contribution in [0.4, 0.5) is 0 Å². The topological polar surface area (TPSA) is 42.2 Å². The SMILES string of the molecule is CC(CC(=O)O)c1cc2cc(Cl)ccc2n1C(C)C. The Morgan fingerprint density at radius 2 is 2.00 bits per heavy atom. The zero-order valence-electron chi connectivity index (χ0n) is 11.4. The fourth-order valence-electron chi connectivity index (χ4n) is 2.55. The molecule has 0 aliphatic heterocycles. The maximum absolute atomic E-state index is 10.9. The fraction of sp³-hybridized carbons (Fsp3) is 0.400. The molecule has 2 aromatic rings. The Kier molecular flexibility index (Phi) is 3.85. The number of rotatable bonds is 4. The van der Waals surface area contributed by atoms with Crippen molar-refractivity contribution in [3.8, 4) is 0 Å². The number of aliphatic carboxylic acids is 1. The maximum atomic E-state index is 10.9. The number of aromatic nitrogens is 1. The van der Waals surface area contributed by atoms with Gasteiger partial charge in [0, 0.05) is 33.6 Å². The molecule has 0 aliphatic rings. The first kappa shape index (κ1) is 13.9. The van der Waals surface area contributed by atoms with Crippen LogP contribution in [-0.4, -0.2) is 15.6 Å². The average Bonchev–Trinajstić information content (AvgIpc) is 2.66. The van der Waals surface area contributed by atoms with E-state index in [1.54, 1.807) is 0 Å². The van der Waals surface area contributed by atoms with E-state index in [-0.39, 0.29) is 18.4 Å². The Morgan fingerprint density at radius 3 is 2.58 bits per heavy atom. The predicted molar refractivity (Wildman–Crippen MR) is 78.0 cm³/mol. The lowest BCUT2D eigenvalue weighted by Crippen LogP contribution is -2.11. The van der Waals surface area contributed by atoms with E-state index >= 15 is 0 Å². The van der Waals surface area contributed by atoms with E-state index in [2.05, 4.69) is 24.5 Å². The van der Waals surface area contributed by atoms with Crippen molar-refractivity contribution in [2.24, 2.45) is 0 Å². The monoisotopic (exact) mass is 279 g/mol. The molecule has 19 heavy (non-hydrogen) atoms. The number of fused-ring (bicyclic) bond motifs is 1. The normalized spacial score (nSPS) is 13.1. The van der Waals surface area contributed by atoms with Crippen molar-refractivity contribution in [1.29, 1.82) is 0 Å². The van der Waals surface area contributed by atoms with Gasteiger partial charge in [0.25, 0.3) is 0 Å². The van der Waals surface area contributed by atoms with Gasteiger partial charge in [0.1, 0.15) is 0 Å². The molecule has 1 heterocycles. The molecule has 0 spiro atoms. The van der Waals surface area contributed by atoms with Crippen molar-refractivity contribution in [2.75, 3.05) is 0 Å². The number of benzene rings is 1. The van der Waals surface area contributed by atoms with E-state index in [4.69, 9.17) is 16.7 Å². The third kappa shape index (κ3) is 2.76. The molecule has 0 radical (unpaired) electrons. The van der Waals surface area contributed by atoms with Crippen LogP contribution in [0.25, 0.3) is 10.9 Å².